The topological polar surface area (TPSA) is 46.6 Å². The zero-order valence-electron chi connectivity index (χ0n) is 15.2. The van der Waals surface area contributed by atoms with Crippen molar-refractivity contribution in [2.45, 2.75) is 24.7 Å². The molecule has 0 N–H and O–H groups in total. The number of aryl methyl sites for hydroxylation is 1. The lowest BCUT2D eigenvalue weighted by Gasteiger charge is -2.25. The van der Waals surface area contributed by atoms with Gasteiger partial charge in [0.25, 0.3) is 10.0 Å². The third kappa shape index (κ3) is 2.53. The second-order valence-electron chi connectivity index (χ2n) is 7.40. The number of benzene rings is 2. The van der Waals surface area contributed by atoms with Crippen LogP contribution in [0.3, 0.4) is 0 Å². The van der Waals surface area contributed by atoms with Gasteiger partial charge in [0.2, 0.25) is 0 Å². The summed E-state index contributed by atoms with van der Waals surface area (Å²) >= 11 is 0. The first-order valence-corrected chi connectivity index (χ1v) is 10.2. The minimum atomic E-state index is -3.52. The Morgan fingerprint density at radius 2 is 1.81 bits per heavy atom. The van der Waals surface area contributed by atoms with Crippen LogP contribution >= 0.6 is 0 Å². The van der Waals surface area contributed by atoms with Crippen molar-refractivity contribution in [3.8, 4) is 5.75 Å². The van der Waals surface area contributed by atoms with Gasteiger partial charge in [-0.25, -0.2) is 8.42 Å². The second-order valence-corrected chi connectivity index (χ2v) is 9.29. The monoisotopic (exact) mass is 369 g/mol. The normalized spacial score (nSPS) is 27.1. The number of methoxy groups -OCH3 is 1. The van der Waals surface area contributed by atoms with Gasteiger partial charge < -0.3 is 4.74 Å². The molecule has 4 rings (SSSR count). The van der Waals surface area contributed by atoms with Crippen molar-refractivity contribution in [2.75, 3.05) is 13.7 Å². The summed E-state index contributed by atoms with van der Waals surface area (Å²) in [5.74, 6) is 1.40. The fraction of sp³-hybridized carbons (Fsp3) is 0.333. The lowest BCUT2D eigenvalue weighted by molar-refractivity contribution is 0.408. The highest BCUT2D eigenvalue weighted by Crippen LogP contribution is 2.68. The van der Waals surface area contributed by atoms with Crippen molar-refractivity contribution in [2.24, 2.45) is 11.3 Å². The van der Waals surface area contributed by atoms with Crippen LogP contribution in [0.25, 0.3) is 0 Å². The molecule has 26 heavy (non-hydrogen) atoms. The van der Waals surface area contributed by atoms with E-state index >= 15 is 0 Å². The molecule has 4 nitrogen and oxygen atoms in total. The van der Waals surface area contributed by atoms with Gasteiger partial charge in [0.1, 0.15) is 5.75 Å². The van der Waals surface area contributed by atoms with Gasteiger partial charge in [-0.15, -0.1) is 0 Å². The van der Waals surface area contributed by atoms with Crippen molar-refractivity contribution >= 4 is 10.0 Å². The Morgan fingerprint density at radius 1 is 1.12 bits per heavy atom. The van der Waals surface area contributed by atoms with Crippen molar-refractivity contribution in [1.82, 2.24) is 4.31 Å². The Hall–Kier alpha value is -2.27. The summed E-state index contributed by atoms with van der Waals surface area (Å²) in [6, 6.07) is 15.0. The fourth-order valence-corrected chi connectivity index (χ4v) is 5.48. The number of hydrogen-bond donors (Lipinski definition) is 0. The minimum absolute atomic E-state index is 0.0199. The number of ether oxygens (including phenoxy) is 1. The number of nitrogens with zero attached hydrogens (tertiary/aromatic N) is 1. The maximum Gasteiger partial charge on any atom is 0.263 e. The standard InChI is InChI=1S/C21H23NO3S/c1-15-8-10-16(11-9-15)26(23,24)22-13-12-21(2)18(14-22)20(21)17-6-4-5-7-19(17)25-3/h4-13,18,20H,14H2,1-3H3. The highest BCUT2D eigenvalue weighted by Gasteiger charge is 2.63. The van der Waals surface area contributed by atoms with Crippen molar-refractivity contribution in [3.63, 3.8) is 0 Å². The van der Waals surface area contributed by atoms with Gasteiger partial charge in [0.15, 0.2) is 0 Å². The smallest absolute Gasteiger partial charge is 0.263 e. The number of hydrogen-bond acceptors (Lipinski definition) is 3. The maximum absolute atomic E-state index is 13.0. The average molecular weight is 369 g/mol. The van der Waals surface area contributed by atoms with E-state index < -0.39 is 10.0 Å². The zero-order valence-corrected chi connectivity index (χ0v) is 16.0. The summed E-state index contributed by atoms with van der Waals surface area (Å²) in [4.78, 5) is 0.339. The summed E-state index contributed by atoms with van der Waals surface area (Å²) in [7, 11) is -1.84. The largest absolute Gasteiger partial charge is 0.496 e. The first kappa shape index (κ1) is 17.2. The molecule has 0 saturated heterocycles. The zero-order chi connectivity index (χ0) is 18.5. The first-order valence-electron chi connectivity index (χ1n) is 8.79. The Bertz CT molecular complexity index is 965. The number of fused-ring (bicyclic) bond motifs is 1. The van der Waals surface area contributed by atoms with Gasteiger partial charge in [0, 0.05) is 18.7 Å². The number of rotatable bonds is 4. The van der Waals surface area contributed by atoms with E-state index in [4.69, 9.17) is 4.74 Å². The first-order chi connectivity index (χ1) is 12.4. The maximum atomic E-state index is 13.0. The molecule has 3 atom stereocenters. The molecule has 1 aliphatic heterocycles. The molecule has 2 aromatic rings. The molecule has 1 aliphatic carbocycles. The van der Waals surface area contributed by atoms with E-state index in [1.807, 2.05) is 43.3 Å². The molecule has 1 heterocycles. The van der Waals surface area contributed by atoms with Gasteiger partial charge >= 0.3 is 0 Å². The van der Waals surface area contributed by atoms with Crippen LogP contribution in [-0.2, 0) is 10.0 Å². The third-order valence-corrected chi connectivity index (χ3v) is 7.60. The summed E-state index contributed by atoms with van der Waals surface area (Å²) in [6.45, 7) is 4.64. The molecular formula is C21H23NO3S. The predicted octanol–water partition coefficient (Wildman–Crippen LogP) is 3.94. The Morgan fingerprint density at radius 3 is 2.50 bits per heavy atom. The van der Waals surface area contributed by atoms with Crippen LogP contribution in [0.2, 0.25) is 0 Å². The molecular weight excluding hydrogens is 346 g/mol. The van der Waals surface area contributed by atoms with E-state index in [-0.39, 0.29) is 17.3 Å². The third-order valence-electron chi connectivity index (χ3n) is 5.84. The molecule has 2 aliphatic rings. The van der Waals surface area contributed by atoms with Crippen LogP contribution in [0, 0.1) is 18.3 Å². The Balaban J connectivity index is 1.62. The van der Waals surface area contributed by atoms with Crippen LogP contribution in [0.15, 0.2) is 65.7 Å². The van der Waals surface area contributed by atoms with Crippen molar-refractivity contribution in [3.05, 3.63) is 71.9 Å². The van der Waals surface area contributed by atoms with Gasteiger partial charge in [-0.1, -0.05) is 48.9 Å². The van der Waals surface area contributed by atoms with E-state index in [2.05, 4.69) is 13.0 Å². The summed E-state index contributed by atoms with van der Waals surface area (Å²) < 4.78 is 33.0. The van der Waals surface area contributed by atoms with Gasteiger partial charge in [-0.05, 0) is 42.0 Å². The van der Waals surface area contributed by atoms with E-state index in [0.29, 0.717) is 11.4 Å². The molecule has 136 valence electrons. The molecule has 0 radical (unpaired) electrons. The van der Waals surface area contributed by atoms with Crippen molar-refractivity contribution in [1.29, 1.82) is 0 Å². The lowest BCUT2D eigenvalue weighted by atomic mass is 10.00. The number of para-hydroxylation sites is 1. The molecule has 1 fully saturated rings. The molecule has 5 heteroatoms. The molecule has 0 bridgehead atoms. The van der Waals surface area contributed by atoms with E-state index in [1.54, 1.807) is 25.4 Å². The van der Waals surface area contributed by atoms with Crippen LogP contribution in [0.5, 0.6) is 5.75 Å². The average Bonchev–Trinajstić information content (AvgIpc) is 3.26. The van der Waals surface area contributed by atoms with Crippen LogP contribution in [0.1, 0.15) is 24.0 Å². The minimum Gasteiger partial charge on any atom is -0.496 e. The quantitative estimate of drug-likeness (QED) is 0.820. The van der Waals surface area contributed by atoms with Crippen LogP contribution < -0.4 is 4.74 Å². The number of sulfonamides is 1. The van der Waals surface area contributed by atoms with Crippen LogP contribution in [0.4, 0.5) is 0 Å². The molecule has 0 spiro atoms. The highest BCUT2D eigenvalue weighted by molar-refractivity contribution is 7.89. The predicted molar refractivity (Wildman–Crippen MR) is 102 cm³/mol. The van der Waals surface area contributed by atoms with E-state index in [0.717, 1.165) is 16.9 Å². The number of allylic oxidation sites excluding steroid dienone is 1. The SMILES string of the molecule is COc1ccccc1C1C2CN(S(=O)(=O)c3ccc(C)cc3)C=CC21C. The Kier molecular flexibility index (Phi) is 3.88. The van der Waals surface area contributed by atoms with Crippen LogP contribution in [-0.4, -0.2) is 26.4 Å². The molecule has 2 aromatic carbocycles. The van der Waals surface area contributed by atoms with Gasteiger partial charge in [-0.3, -0.25) is 4.31 Å². The molecule has 1 saturated carbocycles. The Labute approximate surface area is 155 Å². The highest BCUT2D eigenvalue weighted by atomic mass is 32.2. The summed E-state index contributed by atoms with van der Waals surface area (Å²) in [5.41, 5.74) is 2.18. The second kappa shape index (κ2) is 5.88. The summed E-state index contributed by atoms with van der Waals surface area (Å²) in [5, 5.41) is 0. The fourth-order valence-electron chi connectivity index (χ4n) is 4.15. The van der Waals surface area contributed by atoms with Crippen molar-refractivity contribution < 1.29 is 13.2 Å². The molecule has 0 aromatic heterocycles. The van der Waals surface area contributed by atoms with E-state index in [9.17, 15) is 8.42 Å². The van der Waals surface area contributed by atoms with Gasteiger partial charge in [-0.2, -0.15) is 0 Å². The lowest BCUT2D eigenvalue weighted by Crippen LogP contribution is -2.31. The van der Waals surface area contributed by atoms with E-state index in [1.165, 1.54) is 4.31 Å². The van der Waals surface area contributed by atoms with Gasteiger partial charge in [0.05, 0.1) is 12.0 Å². The summed E-state index contributed by atoms with van der Waals surface area (Å²) in [6.07, 6.45) is 3.78. The molecule has 3 unspecified atom stereocenters. The molecule has 0 amide bonds.